The maximum Gasteiger partial charge on any atom is 0.246 e. The molecule has 1 amide bonds. The van der Waals surface area contributed by atoms with Crippen molar-refractivity contribution in [2.45, 2.75) is 5.92 Å². The predicted octanol–water partition coefficient (Wildman–Crippen LogP) is 0.897. The van der Waals surface area contributed by atoms with Crippen molar-refractivity contribution in [2.75, 3.05) is 38.2 Å². The van der Waals surface area contributed by atoms with Gasteiger partial charge in [0, 0.05) is 43.0 Å². The highest BCUT2D eigenvalue weighted by Gasteiger charge is 2.28. The van der Waals surface area contributed by atoms with Crippen molar-refractivity contribution in [3.63, 3.8) is 0 Å². The number of morpholine rings is 1. The standard InChI is InChI=1S/C15H19N3O2/c16-15(19)12-9-17-14-4-2-1-3-11(14)13(12)10-18-5-7-20-8-6-18/h1-4,9,13,17H,5-8,10H2,(H2,16,19). The van der Waals surface area contributed by atoms with Crippen LogP contribution in [0.1, 0.15) is 11.5 Å². The van der Waals surface area contributed by atoms with Crippen LogP contribution in [0.15, 0.2) is 36.0 Å². The fourth-order valence-electron chi connectivity index (χ4n) is 2.84. The molecule has 1 fully saturated rings. The molecule has 0 bridgehead atoms. The van der Waals surface area contributed by atoms with Gasteiger partial charge >= 0.3 is 0 Å². The van der Waals surface area contributed by atoms with Crippen LogP contribution >= 0.6 is 0 Å². The number of fused-ring (bicyclic) bond motifs is 1. The van der Waals surface area contributed by atoms with E-state index in [1.165, 1.54) is 0 Å². The lowest BCUT2D eigenvalue weighted by atomic mass is 9.87. The maximum atomic E-state index is 11.7. The van der Waals surface area contributed by atoms with Crippen LogP contribution in [0.25, 0.3) is 0 Å². The summed E-state index contributed by atoms with van der Waals surface area (Å²) >= 11 is 0. The summed E-state index contributed by atoms with van der Waals surface area (Å²) in [5.74, 6) is -0.326. The predicted molar refractivity (Wildman–Crippen MR) is 77.3 cm³/mol. The van der Waals surface area contributed by atoms with Crippen LogP contribution in [0.5, 0.6) is 0 Å². The minimum atomic E-state index is -0.356. The van der Waals surface area contributed by atoms with Crippen LogP contribution in [0.3, 0.4) is 0 Å². The van der Waals surface area contributed by atoms with Gasteiger partial charge in [0.05, 0.1) is 13.2 Å². The Morgan fingerprint density at radius 2 is 2.10 bits per heavy atom. The molecular weight excluding hydrogens is 254 g/mol. The highest BCUT2D eigenvalue weighted by molar-refractivity contribution is 5.95. The number of carbonyl (C=O) groups is 1. The number of benzene rings is 1. The molecule has 1 atom stereocenters. The summed E-state index contributed by atoms with van der Waals surface area (Å²) in [4.78, 5) is 14.0. The molecule has 5 nitrogen and oxygen atoms in total. The van der Waals surface area contributed by atoms with Crippen molar-refractivity contribution in [1.29, 1.82) is 0 Å². The van der Waals surface area contributed by atoms with Gasteiger partial charge in [-0.15, -0.1) is 0 Å². The van der Waals surface area contributed by atoms with Gasteiger partial charge in [-0.25, -0.2) is 0 Å². The molecule has 2 aliphatic heterocycles. The number of nitrogens with one attached hydrogen (secondary N) is 1. The number of para-hydroxylation sites is 1. The first-order valence-corrected chi connectivity index (χ1v) is 6.91. The maximum absolute atomic E-state index is 11.7. The van der Waals surface area contributed by atoms with Crippen molar-refractivity contribution < 1.29 is 9.53 Å². The Balaban J connectivity index is 1.87. The van der Waals surface area contributed by atoms with Gasteiger partial charge < -0.3 is 15.8 Å². The molecule has 1 aromatic carbocycles. The quantitative estimate of drug-likeness (QED) is 0.858. The molecule has 0 aromatic heterocycles. The number of rotatable bonds is 3. The Hall–Kier alpha value is -1.85. The zero-order valence-corrected chi connectivity index (χ0v) is 11.3. The van der Waals surface area contributed by atoms with E-state index in [1.54, 1.807) is 6.20 Å². The molecule has 20 heavy (non-hydrogen) atoms. The molecule has 1 aromatic rings. The number of primary amides is 1. The van der Waals surface area contributed by atoms with E-state index in [0.717, 1.165) is 44.1 Å². The molecule has 0 spiro atoms. The highest BCUT2D eigenvalue weighted by Crippen LogP contribution is 2.34. The first-order chi connectivity index (χ1) is 9.75. The summed E-state index contributed by atoms with van der Waals surface area (Å²) in [7, 11) is 0. The van der Waals surface area contributed by atoms with Crippen LogP contribution in [0, 0.1) is 0 Å². The number of nitrogens with two attached hydrogens (primary N) is 1. The van der Waals surface area contributed by atoms with Gasteiger partial charge in [-0.3, -0.25) is 9.69 Å². The van der Waals surface area contributed by atoms with Gasteiger partial charge in [0.25, 0.3) is 0 Å². The third kappa shape index (κ3) is 2.55. The fraction of sp³-hybridized carbons (Fsp3) is 0.400. The molecule has 3 N–H and O–H groups in total. The topological polar surface area (TPSA) is 67.6 Å². The average Bonchev–Trinajstić information content (AvgIpc) is 2.48. The summed E-state index contributed by atoms with van der Waals surface area (Å²) in [5.41, 5.74) is 8.36. The van der Waals surface area contributed by atoms with E-state index < -0.39 is 0 Å². The van der Waals surface area contributed by atoms with Gasteiger partial charge in [0.15, 0.2) is 0 Å². The van der Waals surface area contributed by atoms with Crippen LogP contribution in [-0.4, -0.2) is 43.7 Å². The van der Waals surface area contributed by atoms with E-state index in [0.29, 0.717) is 5.57 Å². The molecule has 2 heterocycles. The highest BCUT2D eigenvalue weighted by atomic mass is 16.5. The lowest BCUT2D eigenvalue weighted by Gasteiger charge is -2.33. The van der Waals surface area contributed by atoms with E-state index in [4.69, 9.17) is 10.5 Å². The van der Waals surface area contributed by atoms with E-state index in [1.807, 2.05) is 18.2 Å². The first kappa shape index (κ1) is 13.1. The van der Waals surface area contributed by atoms with Gasteiger partial charge in [0.2, 0.25) is 5.91 Å². The van der Waals surface area contributed by atoms with Crippen LogP contribution in [-0.2, 0) is 9.53 Å². The summed E-state index contributed by atoms with van der Waals surface area (Å²) in [6, 6.07) is 8.07. The Kier molecular flexibility index (Phi) is 3.71. The number of ether oxygens (including phenoxy) is 1. The monoisotopic (exact) mass is 273 g/mol. The van der Waals surface area contributed by atoms with Gasteiger partial charge in [-0.05, 0) is 11.6 Å². The van der Waals surface area contributed by atoms with Crippen molar-refractivity contribution in [2.24, 2.45) is 5.73 Å². The van der Waals surface area contributed by atoms with Gasteiger partial charge in [-0.1, -0.05) is 18.2 Å². The Morgan fingerprint density at radius 1 is 1.35 bits per heavy atom. The van der Waals surface area contributed by atoms with E-state index in [-0.39, 0.29) is 11.8 Å². The number of amides is 1. The Morgan fingerprint density at radius 3 is 2.85 bits per heavy atom. The molecule has 3 rings (SSSR count). The number of nitrogens with zero attached hydrogens (tertiary/aromatic N) is 1. The third-order valence-corrected chi connectivity index (χ3v) is 3.92. The summed E-state index contributed by atoms with van der Waals surface area (Å²) in [5, 5.41) is 3.16. The van der Waals surface area contributed by atoms with E-state index in [9.17, 15) is 4.79 Å². The first-order valence-electron chi connectivity index (χ1n) is 6.91. The molecule has 1 unspecified atom stereocenters. The fourth-order valence-corrected chi connectivity index (χ4v) is 2.84. The minimum absolute atomic E-state index is 0.0306. The van der Waals surface area contributed by atoms with E-state index >= 15 is 0 Å². The second-order valence-electron chi connectivity index (χ2n) is 5.16. The molecule has 5 heteroatoms. The molecule has 2 aliphatic rings. The molecule has 1 saturated heterocycles. The molecular formula is C15H19N3O2. The van der Waals surface area contributed by atoms with Crippen LogP contribution in [0.2, 0.25) is 0 Å². The number of hydrogen-bond donors (Lipinski definition) is 2. The Labute approximate surface area is 118 Å². The zero-order chi connectivity index (χ0) is 13.9. The summed E-state index contributed by atoms with van der Waals surface area (Å²) < 4.78 is 5.37. The van der Waals surface area contributed by atoms with Crippen LogP contribution < -0.4 is 11.1 Å². The summed E-state index contributed by atoms with van der Waals surface area (Å²) in [6.45, 7) is 4.11. The SMILES string of the molecule is NC(=O)C1=CNc2ccccc2C1CN1CCOCC1. The van der Waals surface area contributed by atoms with Crippen molar-refractivity contribution >= 4 is 11.6 Å². The minimum Gasteiger partial charge on any atom is -0.379 e. The van der Waals surface area contributed by atoms with Crippen molar-refractivity contribution in [3.8, 4) is 0 Å². The number of hydrogen-bond acceptors (Lipinski definition) is 4. The molecule has 106 valence electrons. The molecule has 0 aliphatic carbocycles. The van der Waals surface area contributed by atoms with Gasteiger partial charge in [0.1, 0.15) is 0 Å². The lowest BCUT2D eigenvalue weighted by molar-refractivity contribution is -0.114. The normalized spacial score (nSPS) is 22.6. The number of anilines is 1. The van der Waals surface area contributed by atoms with Gasteiger partial charge in [-0.2, -0.15) is 0 Å². The van der Waals surface area contributed by atoms with Crippen LogP contribution in [0.4, 0.5) is 5.69 Å². The van der Waals surface area contributed by atoms with Crippen molar-refractivity contribution in [1.82, 2.24) is 4.90 Å². The number of carbonyl (C=O) groups excluding carboxylic acids is 1. The average molecular weight is 273 g/mol. The third-order valence-electron chi connectivity index (χ3n) is 3.92. The smallest absolute Gasteiger partial charge is 0.246 e. The lowest BCUT2D eigenvalue weighted by Crippen LogP contribution is -2.40. The molecule has 0 saturated carbocycles. The second kappa shape index (κ2) is 5.64. The molecule has 0 radical (unpaired) electrons. The van der Waals surface area contributed by atoms with E-state index in [2.05, 4.69) is 16.3 Å². The zero-order valence-electron chi connectivity index (χ0n) is 11.3. The summed E-state index contributed by atoms with van der Waals surface area (Å²) in [6.07, 6.45) is 1.75. The largest absolute Gasteiger partial charge is 0.379 e. The van der Waals surface area contributed by atoms with Crippen molar-refractivity contribution in [3.05, 3.63) is 41.6 Å². The second-order valence-corrected chi connectivity index (χ2v) is 5.16. The Bertz CT molecular complexity index is 536.